The van der Waals surface area contributed by atoms with Crippen molar-refractivity contribution >= 4 is 6.29 Å². The number of nitrogens with one attached hydrogen (secondary N) is 2. The summed E-state index contributed by atoms with van der Waals surface area (Å²) < 4.78 is 13.6. The summed E-state index contributed by atoms with van der Waals surface area (Å²) in [6.45, 7) is 1.66. The van der Waals surface area contributed by atoms with E-state index in [2.05, 4.69) is 15.5 Å². The van der Waals surface area contributed by atoms with Gasteiger partial charge in [0.05, 0.1) is 11.3 Å². The lowest BCUT2D eigenvalue weighted by molar-refractivity contribution is 0.112. The highest BCUT2D eigenvalue weighted by Crippen LogP contribution is 2.26. The number of hydrogen-bond donors (Lipinski definition) is 2. The lowest BCUT2D eigenvalue weighted by Crippen LogP contribution is -2.23. The first kappa shape index (κ1) is 11.1. The molecule has 0 radical (unpaired) electrons. The Morgan fingerprint density at radius 3 is 3.06 bits per heavy atom. The third kappa shape index (κ3) is 1.73. The Morgan fingerprint density at radius 2 is 2.28 bits per heavy atom. The molecule has 1 aromatic heterocycles. The molecule has 92 valence electrons. The predicted octanol–water partition coefficient (Wildman–Crippen LogP) is 1.67. The second-order valence-electron chi connectivity index (χ2n) is 4.31. The number of hydrogen-bond acceptors (Lipinski definition) is 3. The molecule has 1 aliphatic rings. The van der Waals surface area contributed by atoms with Gasteiger partial charge in [-0.2, -0.15) is 5.10 Å². The minimum Gasteiger partial charge on any atom is -0.312 e. The van der Waals surface area contributed by atoms with Crippen molar-refractivity contribution in [3.63, 3.8) is 0 Å². The van der Waals surface area contributed by atoms with Gasteiger partial charge in [-0.25, -0.2) is 4.39 Å². The van der Waals surface area contributed by atoms with Gasteiger partial charge < -0.3 is 5.32 Å². The fourth-order valence-corrected chi connectivity index (χ4v) is 2.23. The van der Waals surface area contributed by atoms with Crippen molar-refractivity contribution in [2.75, 3.05) is 6.54 Å². The van der Waals surface area contributed by atoms with Crippen LogP contribution in [0.15, 0.2) is 18.2 Å². The molecule has 0 spiro atoms. The molecule has 5 heteroatoms. The zero-order chi connectivity index (χ0) is 12.5. The first-order valence-corrected chi connectivity index (χ1v) is 5.81. The smallest absolute Gasteiger partial charge is 0.152 e. The molecule has 2 heterocycles. The molecule has 3 rings (SSSR count). The molecule has 0 fully saturated rings. The molecule has 2 N–H and O–H groups in total. The number of nitrogens with zero attached hydrogens (tertiary/aromatic N) is 1. The second-order valence-corrected chi connectivity index (χ2v) is 4.31. The van der Waals surface area contributed by atoms with E-state index in [9.17, 15) is 9.18 Å². The summed E-state index contributed by atoms with van der Waals surface area (Å²) in [6.07, 6.45) is 1.41. The Kier molecular flexibility index (Phi) is 2.68. The molecule has 0 bridgehead atoms. The van der Waals surface area contributed by atoms with E-state index >= 15 is 0 Å². The van der Waals surface area contributed by atoms with Gasteiger partial charge in [0.2, 0.25) is 0 Å². The van der Waals surface area contributed by atoms with Gasteiger partial charge in [-0.05, 0) is 12.1 Å². The largest absolute Gasteiger partial charge is 0.312 e. The molecule has 18 heavy (non-hydrogen) atoms. The fraction of sp³-hybridized carbons (Fsp3) is 0.231. The lowest BCUT2D eigenvalue weighted by Gasteiger charge is -2.13. The molecule has 2 aromatic rings. The predicted molar refractivity (Wildman–Crippen MR) is 64.8 cm³/mol. The maximum absolute atomic E-state index is 13.6. The molecule has 0 atom stereocenters. The second kappa shape index (κ2) is 4.34. The topological polar surface area (TPSA) is 57.8 Å². The van der Waals surface area contributed by atoms with Crippen LogP contribution in [0.5, 0.6) is 0 Å². The Bertz CT molecular complexity index is 606. The van der Waals surface area contributed by atoms with Crippen LogP contribution >= 0.6 is 0 Å². The summed E-state index contributed by atoms with van der Waals surface area (Å²) >= 11 is 0. The van der Waals surface area contributed by atoms with E-state index in [1.54, 1.807) is 6.07 Å². The summed E-state index contributed by atoms with van der Waals surface area (Å²) in [5.41, 5.74) is 3.71. The number of halogens is 1. The van der Waals surface area contributed by atoms with E-state index in [0.717, 1.165) is 36.5 Å². The molecular formula is C13H12FN3O. The Balaban J connectivity index is 2.07. The minimum absolute atomic E-state index is 0.0706. The molecule has 0 saturated carbocycles. The van der Waals surface area contributed by atoms with Crippen LogP contribution in [0.25, 0.3) is 11.3 Å². The first-order valence-electron chi connectivity index (χ1n) is 5.81. The van der Waals surface area contributed by atoms with Gasteiger partial charge in [0.15, 0.2) is 6.29 Å². The van der Waals surface area contributed by atoms with E-state index in [1.807, 2.05) is 0 Å². The van der Waals surface area contributed by atoms with Gasteiger partial charge in [0.25, 0.3) is 0 Å². The monoisotopic (exact) mass is 245 g/mol. The number of fused-ring (bicyclic) bond motifs is 1. The zero-order valence-corrected chi connectivity index (χ0v) is 9.66. The Labute approximate surface area is 103 Å². The van der Waals surface area contributed by atoms with Crippen LogP contribution < -0.4 is 5.32 Å². The summed E-state index contributed by atoms with van der Waals surface area (Å²) in [5.74, 6) is -0.511. The average molecular weight is 245 g/mol. The summed E-state index contributed by atoms with van der Waals surface area (Å²) in [5, 5.41) is 10.5. The van der Waals surface area contributed by atoms with Crippen molar-refractivity contribution < 1.29 is 9.18 Å². The van der Waals surface area contributed by atoms with Crippen molar-refractivity contribution in [2.24, 2.45) is 0 Å². The normalized spacial score (nSPS) is 14.3. The van der Waals surface area contributed by atoms with E-state index < -0.39 is 5.82 Å². The van der Waals surface area contributed by atoms with Gasteiger partial charge in [0.1, 0.15) is 5.82 Å². The summed E-state index contributed by atoms with van der Waals surface area (Å²) in [4.78, 5) is 10.6. The van der Waals surface area contributed by atoms with Crippen molar-refractivity contribution in [3.8, 4) is 11.3 Å². The number of carbonyl (C=O) groups is 1. The Hall–Kier alpha value is -2.01. The highest BCUT2D eigenvalue weighted by Gasteiger charge is 2.18. The zero-order valence-electron chi connectivity index (χ0n) is 9.66. The van der Waals surface area contributed by atoms with E-state index in [0.29, 0.717) is 11.8 Å². The maximum Gasteiger partial charge on any atom is 0.152 e. The van der Waals surface area contributed by atoms with Crippen LogP contribution in [-0.2, 0) is 13.0 Å². The summed E-state index contributed by atoms with van der Waals surface area (Å²) in [6, 6.07) is 4.56. The highest BCUT2D eigenvalue weighted by atomic mass is 19.1. The SMILES string of the molecule is O=Cc1ccc(-c2n[nH]c3c2CNCC3)cc1F. The van der Waals surface area contributed by atoms with Crippen LogP contribution in [0.4, 0.5) is 4.39 Å². The maximum atomic E-state index is 13.6. The average Bonchev–Trinajstić information content (AvgIpc) is 2.82. The number of rotatable bonds is 2. The van der Waals surface area contributed by atoms with E-state index in [1.165, 1.54) is 12.1 Å². The van der Waals surface area contributed by atoms with Crippen LogP contribution in [0.2, 0.25) is 0 Å². The van der Waals surface area contributed by atoms with E-state index in [-0.39, 0.29) is 5.56 Å². The molecule has 4 nitrogen and oxygen atoms in total. The van der Waals surface area contributed by atoms with Gasteiger partial charge in [-0.15, -0.1) is 0 Å². The number of benzene rings is 1. The van der Waals surface area contributed by atoms with Crippen LogP contribution in [0.3, 0.4) is 0 Å². The quantitative estimate of drug-likeness (QED) is 0.791. The van der Waals surface area contributed by atoms with Crippen molar-refractivity contribution in [3.05, 3.63) is 40.8 Å². The van der Waals surface area contributed by atoms with Crippen LogP contribution in [0.1, 0.15) is 21.6 Å². The van der Waals surface area contributed by atoms with Gasteiger partial charge in [-0.3, -0.25) is 9.89 Å². The van der Waals surface area contributed by atoms with Crippen LogP contribution in [-0.4, -0.2) is 23.0 Å². The molecule has 0 saturated heterocycles. The third-order valence-corrected chi connectivity index (χ3v) is 3.21. The minimum atomic E-state index is -0.511. The highest BCUT2D eigenvalue weighted by molar-refractivity contribution is 5.77. The molecule has 0 aliphatic carbocycles. The van der Waals surface area contributed by atoms with Crippen molar-refractivity contribution in [2.45, 2.75) is 13.0 Å². The molecule has 1 aliphatic heterocycles. The first-order chi connectivity index (χ1) is 8.79. The third-order valence-electron chi connectivity index (χ3n) is 3.21. The fourth-order valence-electron chi connectivity index (χ4n) is 2.23. The van der Waals surface area contributed by atoms with Gasteiger partial charge in [-0.1, -0.05) is 6.07 Å². The van der Waals surface area contributed by atoms with Crippen LogP contribution in [0, 0.1) is 5.82 Å². The number of aromatic amines is 1. The molecular weight excluding hydrogens is 233 g/mol. The molecule has 0 unspecified atom stereocenters. The van der Waals surface area contributed by atoms with Crippen molar-refractivity contribution in [1.29, 1.82) is 0 Å². The number of carbonyl (C=O) groups excluding carboxylic acids is 1. The standard InChI is InChI=1S/C13H12FN3O/c14-11-5-8(1-2-9(11)7-18)13-10-6-15-4-3-12(10)16-17-13/h1-2,5,7,15H,3-4,6H2,(H,16,17). The number of aromatic nitrogens is 2. The number of H-pyrrole nitrogens is 1. The lowest BCUT2D eigenvalue weighted by atomic mass is 10.0. The van der Waals surface area contributed by atoms with Gasteiger partial charge >= 0.3 is 0 Å². The van der Waals surface area contributed by atoms with E-state index in [4.69, 9.17) is 0 Å². The van der Waals surface area contributed by atoms with Gasteiger partial charge in [0, 0.05) is 36.3 Å². The molecule has 1 aromatic carbocycles. The molecule has 0 amide bonds. The number of aldehydes is 1. The Morgan fingerprint density at radius 1 is 1.39 bits per heavy atom. The van der Waals surface area contributed by atoms with Crippen molar-refractivity contribution in [1.82, 2.24) is 15.5 Å². The summed E-state index contributed by atoms with van der Waals surface area (Å²) in [7, 11) is 0.